The first kappa shape index (κ1) is 10.7. The average Bonchev–Trinajstić information content (AvgIpc) is 2.49. The SMILES string of the molecule is [c]1cc(-c2ccccc2)cc(-c2ccncc2)c1. The summed E-state index contributed by atoms with van der Waals surface area (Å²) >= 11 is 0. The lowest BCUT2D eigenvalue weighted by Gasteiger charge is -2.05. The molecule has 0 aliphatic carbocycles. The first-order chi connectivity index (χ1) is 8.93. The highest BCUT2D eigenvalue weighted by atomic mass is 14.6. The summed E-state index contributed by atoms with van der Waals surface area (Å²) < 4.78 is 0. The fourth-order valence-electron chi connectivity index (χ4n) is 1.98. The Morgan fingerprint density at radius 2 is 1.28 bits per heavy atom. The molecule has 3 rings (SSSR count). The van der Waals surface area contributed by atoms with Crippen LogP contribution in [0.25, 0.3) is 22.3 Å². The lowest BCUT2D eigenvalue weighted by molar-refractivity contribution is 1.33. The van der Waals surface area contributed by atoms with Crippen LogP contribution in [-0.2, 0) is 0 Å². The normalized spacial score (nSPS) is 10.2. The van der Waals surface area contributed by atoms with Crippen molar-refractivity contribution in [3.05, 3.63) is 79.1 Å². The summed E-state index contributed by atoms with van der Waals surface area (Å²) in [6.07, 6.45) is 3.62. The standard InChI is InChI=1S/C17H12N/c1-2-5-14(6-3-1)16-7-4-8-17(13-16)15-9-11-18-12-10-15/h1-3,5-13H. The molecule has 85 valence electrons. The van der Waals surface area contributed by atoms with E-state index in [1.807, 2.05) is 42.7 Å². The molecule has 3 aromatic rings. The van der Waals surface area contributed by atoms with E-state index in [1.54, 1.807) is 0 Å². The van der Waals surface area contributed by atoms with Gasteiger partial charge in [-0.15, -0.1) is 0 Å². The largest absolute Gasteiger partial charge is 0.265 e. The second kappa shape index (κ2) is 4.84. The Balaban J connectivity index is 2.05. The molecule has 0 unspecified atom stereocenters. The van der Waals surface area contributed by atoms with Crippen molar-refractivity contribution < 1.29 is 0 Å². The summed E-state index contributed by atoms with van der Waals surface area (Å²) in [5.74, 6) is 0. The van der Waals surface area contributed by atoms with E-state index in [-0.39, 0.29) is 0 Å². The molecule has 0 N–H and O–H groups in total. The summed E-state index contributed by atoms with van der Waals surface area (Å²) in [5, 5.41) is 0. The highest BCUT2D eigenvalue weighted by Gasteiger charge is 2.00. The summed E-state index contributed by atoms with van der Waals surface area (Å²) in [6, 6.07) is 23.8. The molecule has 1 heteroatoms. The molecule has 0 spiro atoms. The van der Waals surface area contributed by atoms with Crippen molar-refractivity contribution in [2.75, 3.05) is 0 Å². The Labute approximate surface area is 107 Å². The van der Waals surface area contributed by atoms with Crippen LogP contribution in [0.4, 0.5) is 0 Å². The molecular formula is C17H12N. The molecule has 18 heavy (non-hydrogen) atoms. The number of aromatic nitrogens is 1. The van der Waals surface area contributed by atoms with E-state index in [9.17, 15) is 0 Å². The van der Waals surface area contributed by atoms with Crippen molar-refractivity contribution in [2.24, 2.45) is 0 Å². The second-order valence-electron chi connectivity index (χ2n) is 4.11. The van der Waals surface area contributed by atoms with E-state index < -0.39 is 0 Å². The number of rotatable bonds is 2. The molecule has 0 aliphatic rings. The third-order valence-corrected chi connectivity index (χ3v) is 2.91. The number of nitrogens with zero attached hydrogens (tertiary/aromatic N) is 1. The fraction of sp³-hybridized carbons (Fsp3) is 0. The maximum Gasteiger partial charge on any atom is 0.0273 e. The summed E-state index contributed by atoms with van der Waals surface area (Å²) in [7, 11) is 0. The lowest BCUT2D eigenvalue weighted by Crippen LogP contribution is -1.81. The van der Waals surface area contributed by atoms with Gasteiger partial charge in [0, 0.05) is 12.4 Å². The third kappa shape index (κ3) is 2.16. The van der Waals surface area contributed by atoms with Gasteiger partial charge in [-0.25, -0.2) is 0 Å². The number of pyridine rings is 1. The average molecular weight is 230 g/mol. The van der Waals surface area contributed by atoms with E-state index in [2.05, 4.69) is 41.4 Å². The summed E-state index contributed by atoms with van der Waals surface area (Å²) in [5.41, 5.74) is 4.73. The first-order valence-corrected chi connectivity index (χ1v) is 5.90. The maximum absolute atomic E-state index is 4.04. The monoisotopic (exact) mass is 230 g/mol. The zero-order chi connectivity index (χ0) is 12.2. The van der Waals surface area contributed by atoms with E-state index in [1.165, 1.54) is 22.3 Å². The van der Waals surface area contributed by atoms with Crippen LogP contribution in [0.2, 0.25) is 0 Å². The van der Waals surface area contributed by atoms with Crippen LogP contribution in [-0.4, -0.2) is 4.98 Å². The van der Waals surface area contributed by atoms with Crippen molar-refractivity contribution in [2.45, 2.75) is 0 Å². The summed E-state index contributed by atoms with van der Waals surface area (Å²) in [6.45, 7) is 0. The van der Waals surface area contributed by atoms with Gasteiger partial charge in [-0.05, 0) is 58.7 Å². The zero-order valence-electron chi connectivity index (χ0n) is 9.88. The number of hydrogen-bond acceptors (Lipinski definition) is 1. The minimum Gasteiger partial charge on any atom is -0.265 e. The van der Waals surface area contributed by atoms with Gasteiger partial charge in [0.15, 0.2) is 0 Å². The van der Waals surface area contributed by atoms with Gasteiger partial charge in [-0.3, -0.25) is 4.98 Å². The number of hydrogen-bond donors (Lipinski definition) is 0. The van der Waals surface area contributed by atoms with Gasteiger partial charge in [0.05, 0.1) is 0 Å². The highest BCUT2D eigenvalue weighted by molar-refractivity contribution is 5.72. The zero-order valence-corrected chi connectivity index (χ0v) is 9.88. The molecule has 1 radical (unpaired) electrons. The van der Waals surface area contributed by atoms with Gasteiger partial charge in [-0.2, -0.15) is 0 Å². The van der Waals surface area contributed by atoms with Crippen LogP contribution < -0.4 is 0 Å². The molecule has 0 bridgehead atoms. The van der Waals surface area contributed by atoms with Crippen molar-refractivity contribution in [3.8, 4) is 22.3 Å². The molecule has 0 fully saturated rings. The minimum atomic E-state index is 1.17. The van der Waals surface area contributed by atoms with Crippen LogP contribution in [0.1, 0.15) is 0 Å². The van der Waals surface area contributed by atoms with E-state index in [0.29, 0.717) is 0 Å². The van der Waals surface area contributed by atoms with Crippen LogP contribution in [0, 0.1) is 6.07 Å². The number of benzene rings is 2. The van der Waals surface area contributed by atoms with Gasteiger partial charge in [0.25, 0.3) is 0 Å². The predicted molar refractivity (Wildman–Crippen MR) is 73.9 cm³/mol. The van der Waals surface area contributed by atoms with Gasteiger partial charge < -0.3 is 0 Å². The van der Waals surface area contributed by atoms with Crippen molar-refractivity contribution in [3.63, 3.8) is 0 Å². The molecule has 1 heterocycles. The Morgan fingerprint density at radius 3 is 1.94 bits per heavy atom. The topological polar surface area (TPSA) is 12.9 Å². The second-order valence-corrected chi connectivity index (χ2v) is 4.11. The lowest BCUT2D eigenvalue weighted by atomic mass is 10.00. The smallest absolute Gasteiger partial charge is 0.0273 e. The van der Waals surface area contributed by atoms with Gasteiger partial charge >= 0.3 is 0 Å². The molecule has 1 nitrogen and oxygen atoms in total. The van der Waals surface area contributed by atoms with Gasteiger partial charge in [0.2, 0.25) is 0 Å². The predicted octanol–water partition coefficient (Wildman–Crippen LogP) is 4.22. The van der Waals surface area contributed by atoms with Crippen LogP contribution >= 0.6 is 0 Å². The van der Waals surface area contributed by atoms with E-state index in [0.717, 1.165) is 0 Å². The highest BCUT2D eigenvalue weighted by Crippen LogP contribution is 2.25. The fourth-order valence-corrected chi connectivity index (χ4v) is 1.98. The van der Waals surface area contributed by atoms with Gasteiger partial charge in [0.1, 0.15) is 0 Å². The molecule has 0 atom stereocenters. The van der Waals surface area contributed by atoms with Crippen LogP contribution in [0.3, 0.4) is 0 Å². The maximum atomic E-state index is 4.04. The quantitative estimate of drug-likeness (QED) is 0.642. The molecule has 0 saturated heterocycles. The molecule has 0 amide bonds. The first-order valence-electron chi connectivity index (χ1n) is 5.90. The molecule has 0 aliphatic heterocycles. The molecule has 0 saturated carbocycles. The van der Waals surface area contributed by atoms with Crippen LogP contribution in [0.5, 0.6) is 0 Å². The van der Waals surface area contributed by atoms with Crippen LogP contribution in [0.15, 0.2) is 73.1 Å². The van der Waals surface area contributed by atoms with E-state index in [4.69, 9.17) is 0 Å². The molecular weight excluding hydrogens is 218 g/mol. The molecule has 1 aromatic heterocycles. The minimum absolute atomic E-state index is 1.17. The van der Waals surface area contributed by atoms with Crippen molar-refractivity contribution in [1.29, 1.82) is 0 Å². The van der Waals surface area contributed by atoms with E-state index >= 15 is 0 Å². The Bertz CT molecular complexity index is 575. The Kier molecular flexibility index (Phi) is 2.89. The van der Waals surface area contributed by atoms with Crippen molar-refractivity contribution >= 4 is 0 Å². The van der Waals surface area contributed by atoms with Crippen molar-refractivity contribution in [1.82, 2.24) is 4.98 Å². The third-order valence-electron chi connectivity index (χ3n) is 2.91. The summed E-state index contributed by atoms with van der Waals surface area (Å²) in [4.78, 5) is 4.04. The Morgan fingerprint density at radius 1 is 0.667 bits per heavy atom. The Hall–Kier alpha value is -2.41. The van der Waals surface area contributed by atoms with Gasteiger partial charge in [-0.1, -0.05) is 30.3 Å². The molecule has 2 aromatic carbocycles.